The maximum atomic E-state index is 13.6. The van der Waals surface area contributed by atoms with Crippen molar-refractivity contribution in [3.8, 4) is 22.5 Å². The van der Waals surface area contributed by atoms with Crippen LogP contribution in [-0.2, 0) is 16.7 Å². The fourth-order valence-corrected chi connectivity index (χ4v) is 5.85. The lowest BCUT2D eigenvalue weighted by molar-refractivity contribution is -0.198. The Hall–Kier alpha value is -4.83. The number of hydrogen-bond donors (Lipinski definition) is 1. The van der Waals surface area contributed by atoms with Gasteiger partial charge in [-0.05, 0) is 77.7 Å². The summed E-state index contributed by atoms with van der Waals surface area (Å²) in [4.78, 5) is 34.4. The molecule has 1 amide bonds. The Morgan fingerprint density at radius 3 is 2.50 bits per heavy atom. The highest BCUT2D eigenvalue weighted by molar-refractivity contribution is 6.04. The Bertz CT molecular complexity index is 1820. The molecule has 7 nitrogen and oxygen atoms in total. The topological polar surface area (TPSA) is 94.3 Å². The molecule has 2 aromatic heterocycles. The first-order valence-corrected chi connectivity index (χ1v) is 14.2. The highest BCUT2D eigenvalue weighted by Crippen LogP contribution is 2.43. The third-order valence-electron chi connectivity index (χ3n) is 7.93. The first-order valence-electron chi connectivity index (χ1n) is 14.2. The molecule has 1 N–H and O–H groups in total. The van der Waals surface area contributed by atoms with Crippen molar-refractivity contribution in [1.82, 2.24) is 15.3 Å². The SMILES string of the molecule is CCCc1cc2oc(-c3ccc(F)cc3)c(C=O)c2cc1-c1cccc(C(=O)NC2(c3ncccn3)CC(OC(F)F)C2)c1. The van der Waals surface area contributed by atoms with Crippen LogP contribution in [0.2, 0.25) is 0 Å². The molecule has 0 radical (unpaired) electrons. The van der Waals surface area contributed by atoms with Crippen molar-refractivity contribution in [3.63, 3.8) is 0 Å². The molecule has 0 saturated heterocycles. The lowest BCUT2D eigenvalue weighted by Crippen LogP contribution is -2.58. The Morgan fingerprint density at radius 2 is 1.82 bits per heavy atom. The third kappa shape index (κ3) is 5.60. The zero-order valence-corrected chi connectivity index (χ0v) is 23.7. The molecule has 5 aromatic rings. The Labute approximate surface area is 251 Å². The minimum absolute atomic E-state index is 0.107. The zero-order chi connectivity index (χ0) is 30.8. The normalized spacial score (nSPS) is 17.9. The van der Waals surface area contributed by atoms with Crippen LogP contribution in [0.4, 0.5) is 13.2 Å². The third-order valence-corrected chi connectivity index (χ3v) is 7.93. The number of fused-ring (bicyclic) bond motifs is 1. The van der Waals surface area contributed by atoms with E-state index in [1.807, 2.05) is 18.2 Å². The summed E-state index contributed by atoms with van der Waals surface area (Å²) in [5.41, 5.74) is 3.31. The van der Waals surface area contributed by atoms with E-state index < -0.39 is 30.0 Å². The van der Waals surface area contributed by atoms with Gasteiger partial charge < -0.3 is 14.5 Å². The molecule has 1 aliphatic carbocycles. The molecule has 0 unspecified atom stereocenters. The number of halogens is 3. The number of rotatable bonds is 10. The maximum absolute atomic E-state index is 13.6. The summed E-state index contributed by atoms with van der Waals surface area (Å²) in [6.07, 6.45) is 4.83. The largest absolute Gasteiger partial charge is 0.455 e. The number of carbonyl (C=O) groups excluding carboxylic acids is 2. The molecule has 0 atom stereocenters. The van der Waals surface area contributed by atoms with E-state index in [-0.39, 0.29) is 12.8 Å². The molecule has 6 rings (SSSR count). The van der Waals surface area contributed by atoms with Crippen LogP contribution in [0.3, 0.4) is 0 Å². The molecule has 44 heavy (non-hydrogen) atoms. The smallest absolute Gasteiger partial charge is 0.345 e. The van der Waals surface area contributed by atoms with E-state index in [2.05, 4.69) is 26.9 Å². The zero-order valence-electron chi connectivity index (χ0n) is 23.7. The molecule has 0 bridgehead atoms. The number of amides is 1. The number of aldehydes is 1. The van der Waals surface area contributed by atoms with Gasteiger partial charge in [0.15, 0.2) is 12.1 Å². The minimum atomic E-state index is -2.92. The molecule has 224 valence electrons. The fourth-order valence-electron chi connectivity index (χ4n) is 5.85. The van der Waals surface area contributed by atoms with Gasteiger partial charge in [0.25, 0.3) is 5.91 Å². The van der Waals surface area contributed by atoms with Crippen LogP contribution in [-0.4, -0.2) is 34.9 Å². The van der Waals surface area contributed by atoms with Crippen LogP contribution < -0.4 is 5.32 Å². The van der Waals surface area contributed by atoms with Crippen LogP contribution in [0.1, 0.15) is 58.3 Å². The molecule has 2 heterocycles. The molecule has 10 heteroatoms. The van der Waals surface area contributed by atoms with Gasteiger partial charge in [0, 0.05) is 41.7 Å². The van der Waals surface area contributed by atoms with Crippen LogP contribution in [0.15, 0.2) is 83.5 Å². The molecular formula is C34H28F3N3O4. The summed E-state index contributed by atoms with van der Waals surface area (Å²) in [5.74, 6) is -0.128. The fraction of sp³-hybridized carbons (Fsp3) is 0.235. The van der Waals surface area contributed by atoms with Crippen molar-refractivity contribution < 1.29 is 31.9 Å². The summed E-state index contributed by atoms with van der Waals surface area (Å²) in [5, 5.41) is 3.58. The second-order valence-corrected chi connectivity index (χ2v) is 10.8. The quantitative estimate of drug-likeness (QED) is 0.167. The average molecular weight is 600 g/mol. The number of nitrogens with one attached hydrogen (secondary N) is 1. The maximum Gasteiger partial charge on any atom is 0.345 e. The first-order chi connectivity index (χ1) is 21.3. The molecule has 1 aliphatic rings. The standard InChI is InChI=1S/C34H28F3N3O4/c1-2-5-21-15-29-27(28(19-41)30(44-29)20-8-10-24(35)11-9-20)16-26(21)22-6-3-7-23(14-22)31(42)40-34(32-38-12-4-13-39-32)17-25(18-34)43-33(36)37/h3-4,6-16,19,25,33H,2,5,17-18H2,1H3,(H,40,42). The summed E-state index contributed by atoms with van der Waals surface area (Å²) >= 11 is 0. The van der Waals surface area contributed by atoms with Crippen molar-refractivity contribution in [2.45, 2.75) is 50.9 Å². The molecule has 0 aliphatic heterocycles. The van der Waals surface area contributed by atoms with Crippen molar-refractivity contribution in [1.29, 1.82) is 0 Å². The van der Waals surface area contributed by atoms with Gasteiger partial charge in [-0.1, -0.05) is 25.5 Å². The predicted octanol–water partition coefficient (Wildman–Crippen LogP) is 7.49. The van der Waals surface area contributed by atoms with Gasteiger partial charge in [0.2, 0.25) is 0 Å². The number of carbonyl (C=O) groups is 2. The first kappa shape index (κ1) is 29.3. The number of furan rings is 1. The van der Waals surface area contributed by atoms with Crippen molar-refractivity contribution in [2.75, 3.05) is 0 Å². The van der Waals surface area contributed by atoms with Gasteiger partial charge in [-0.25, -0.2) is 14.4 Å². The lowest BCUT2D eigenvalue weighted by atomic mass is 9.73. The second kappa shape index (κ2) is 12.0. The number of nitrogens with zero attached hydrogens (tertiary/aromatic N) is 2. The van der Waals surface area contributed by atoms with E-state index in [0.29, 0.717) is 45.7 Å². The van der Waals surface area contributed by atoms with E-state index in [0.717, 1.165) is 29.4 Å². The van der Waals surface area contributed by atoms with Crippen LogP contribution in [0.5, 0.6) is 0 Å². The Balaban J connectivity index is 1.36. The lowest BCUT2D eigenvalue weighted by Gasteiger charge is -2.46. The Kier molecular flexibility index (Phi) is 8.01. The van der Waals surface area contributed by atoms with Gasteiger partial charge in [0.05, 0.1) is 11.7 Å². The summed E-state index contributed by atoms with van der Waals surface area (Å²) in [6.45, 7) is -0.867. The van der Waals surface area contributed by atoms with Crippen LogP contribution in [0, 0.1) is 5.82 Å². The highest BCUT2D eigenvalue weighted by atomic mass is 19.3. The highest BCUT2D eigenvalue weighted by Gasteiger charge is 2.50. The molecule has 1 fully saturated rings. The van der Waals surface area contributed by atoms with Crippen LogP contribution >= 0.6 is 0 Å². The van der Waals surface area contributed by atoms with E-state index in [1.165, 1.54) is 24.5 Å². The van der Waals surface area contributed by atoms with Gasteiger partial charge >= 0.3 is 6.61 Å². The van der Waals surface area contributed by atoms with E-state index >= 15 is 0 Å². The summed E-state index contributed by atoms with van der Waals surface area (Å²) in [7, 11) is 0. The van der Waals surface area contributed by atoms with Crippen LogP contribution in [0.25, 0.3) is 33.4 Å². The number of aromatic nitrogens is 2. The molecule has 1 saturated carbocycles. The predicted molar refractivity (Wildman–Crippen MR) is 158 cm³/mol. The van der Waals surface area contributed by atoms with Gasteiger partial charge in [-0.15, -0.1) is 0 Å². The number of ether oxygens (including phenoxy) is 1. The second-order valence-electron chi connectivity index (χ2n) is 10.8. The number of aryl methyl sites for hydroxylation is 1. The van der Waals surface area contributed by atoms with Gasteiger partial charge in [-0.2, -0.15) is 8.78 Å². The molecule has 0 spiro atoms. The van der Waals surface area contributed by atoms with E-state index in [9.17, 15) is 22.8 Å². The number of alkyl halides is 2. The number of hydrogen-bond acceptors (Lipinski definition) is 6. The average Bonchev–Trinajstić information content (AvgIpc) is 3.37. The number of benzene rings is 3. The van der Waals surface area contributed by atoms with E-state index in [4.69, 9.17) is 4.42 Å². The molecular weight excluding hydrogens is 571 g/mol. The van der Waals surface area contributed by atoms with E-state index in [1.54, 1.807) is 36.4 Å². The minimum Gasteiger partial charge on any atom is -0.455 e. The Morgan fingerprint density at radius 1 is 1.07 bits per heavy atom. The van der Waals surface area contributed by atoms with Crippen molar-refractivity contribution >= 4 is 23.2 Å². The molecule has 3 aromatic carbocycles. The van der Waals surface area contributed by atoms with Crippen molar-refractivity contribution in [2.24, 2.45) is 0 Å². The summed E-state index contributed by atoms with van der Waals surface area (Å²) < 4.78 is 50.0. The monoisotopic (exact) mass is 599 g/mol. The van der Waals surface area contributed by atoms with Gasteiger partial charge in [-0.3, -0.25) is 9.59 Å². The van der Waals surface area contributed by atoms with Gasteiger partial charge in [0.1, 0.15) is 22.7 Å². The summed E-state index contributed by atoms with van der Waals surface area (Å²) in [6, 6.07) is 18.2. The van der Waals surface area contributed by atoms with Crippen molar-refractivity contribution in [3.05, 3.63) is 107 Å².